The van der Waals surface area contributed by atoms with Gasteiger partial charge in [0.2, 0.25) is 0 Å². The fourth-order valence-electron chi connectivity index (χ4n) is 2.90. The molecule has 1 atom stereocenters. The summed E-state index contributed by atoms with van der Waals surface area (Å²) in [5.41, 5.74) is 2.02. The van der Waals surface area contributed by atoms with E-state index < -0.39 is 0 Å². The van der Waals surface area contributed by atoms with E-state index in [-0.39, 0.29) is 22.3 Å². The lowest BCUT2D eigenvalue weighted by molar-refractivity contribution is 0.0600. The molecule has 3 aromatic rings. The van der Waals surface area contributed by atoms with Crippen molar-refractivity contribution in [2.75, 3.05) is 7.11 Å². The van der Waals surface area contributed by atoms with Crippen LogP contribution < -0.4 is 0 Å². The molecule has 27 heavy (non-hydrogen) atoms. The van der Waals surface area contributed by atoms with E-state index in [4.69, 9.17) is 4.74 Å². The molecule has 0 bridgehead atoms. The van der Waals surface area contributed by atoms with E-state index in [0.717, 1.165) is 0 Å². The number of carbonyl (C=O) groups excluding carboxylic acids is 1. The highest BCUT2D eigenvalue weighted by Crippen LogP contribution is 2.33. The Morgan fingerprint density at radius 3 is 1.70 bits per heavy atom. The molecule has 3 heteroatoms. The minimum atomic E-state index is -0.310. The third kappa shape index (κ3) is 4.42. The molecule has 2 nitrogen and oxygen atoms in total. The van der Waals surface area contributed by atoms with Crippen LogP contribution >= 0.6 is 0 Å². The van der Waals surface area contributed by atoms with Crippen LogP contribution in [0.4, 0.5) is 0 Å². The molecule has 3 rings (SSSR count). The lowest BCUT2D eigenvalue weighted by atomic mass is 9.87. The second-order valence-corrected chi connectivity index (χ2v) is 9.44. The minimum absolute atomic E-state index is 0.131. The molecular weight excluding hydrogens is 352 g/mol. The molecule has 1 unspecified atom stereocenters. The molecule has 3 aromatic carbocycles. The number of carbonyl (C=O) groups is 1. The highest BCUT2D eigenvalue weighted by atomic mass is 32.2. The molecule has 0 amide bonds. The molecule has 0 aliphatic rings. The van der Waals surface area contributed by atoms with E-state index in [1.807, 2.05) is 30.3 Å². The summed E-state index contributed by atoms with van der Waals surface area (Å²) in [6.07, 6.45) is 0. The van der Waals surface area contributed by atoms with Gasteiger partial charge in [-0.15, -0.1) is 0 Å². The van der Waals surface area contributed by atoms with E-state index in [2.05, 4.69) is 69.3 Å². The van der Waals surface area contributed by atoms with Crippen molar-refractivity contribution in [2.24, 2.45) is 0 Å². The van der Waals surface area contributed by atoms with Gasteiger partial charge in [0.05, 0.1) is 23.6 Å². The van der Waals surface area contributed by atoms with Gasteiger partial charge in [-0.2, -0.15) is 0 Å². The highest BCUT2D eigenvalue weighted by molar-refractivity contribution is 7.97. The smallest absolute Gasteiger partial charge is 0.337 e. The first-order valence-electron chi connectivity index (χ1n) is 8.98. The van der Waals surface area contributed by atoms with Crippen molar-refractivity contribution in [3.05, 3.63) is 90.0 Å². The van der Waals surface area contributed by atoms with Crippen molar-refractivity contribution in [2.45, 2.75) is 40.9 Å². The quantitative estimate of drug-likeness (QED) is 0.420. The Morgan fingerprint density at radius 1 is 0.741 bits per heavy atom. The predicted octanol–water partition coefficient (Wildman–Crippen LogP) is 5.87. The van der Waals surface area contributed by atoms with Crippen LogP contribution in [-0.4, -0.2) is 13.1 Å². The van der Waals surface area contributed by atoms with Crippen LogP contribution in [0.5, 0.6) is 0 Å². The maximum atomic E-state index is 11.7. The van der Waals surface area contributed by atoms with Gasteiger partial charge in [0, 0.05) is 0 Å². The van der Waals surface area contributed by atoms with E-state index in [9.17, 15) is 4.79 Å². The minimum Gasteiger partial charge on any atom is -0.465 e. The first-order valence-corrected chi connectivity index (χ1v) is 10.2. The van der Waals surface area contributed by atoms with E-state index in [1.165, 1.54) is 27.4 Å². The molecule has 138 valence electrons. The van der Waals surface area contributed by atoms with Gasteiger partial charge in [-0.05, 0) is 59.5 Å². The first kappa shape index (κ1) is 19.2. The predicted molar refractivity (Wildman–Crippen MR) is 112 cm³/mol. The van der Waals surface area contributed by atoms with Gasteiger partial charge >= 0.3 is 5.97 Å². The zero-order valence-corrected chi connectivity index (χ0v) is 17.0. The fourth-order valence-corrected chi connectivity index (χ4v) is 4.96. The summed E-state index contributed by atoms with van der Waals surface area (Å²) in [6, 6.07) is 27.1. The molecule has 0 fully saturated rings. The van der Waals surface area contributed by atoms with Crippen LogP contribution in [-0.2, 0) is 21.0 Å². The lowest BCUT2D eigenvalue weighted by Gasteiger charge is -2.19. The summed E-state index contributed by atoms with van der Waals surface area (Å²) in [5, 5.41) is 0. The average Bonchev–Trinajstić information content (AvgIpc) is 2.69. The van der Waals surface area contributed by atoms with E-state index in [1.54, 1.807) is 0 Å². The normalized spacial score (nSPS) is 12.4. The third-order valence-electron chi connectivity index (χ3n) is 4.45. The summed E-state index contributed by atoms with van der Waals surface area (Å²) in [5.74, 6) is -0.310. The molecule has 0 N–H and O–H groups in total. The summed E-state index contributed by atoms with van der Waals surface area (Å²) in [6.45, 7) is 6.68. The molecule has 0 aliphatic heterocycles. The maximum Gasteiger partial charge on any atom is 0.337 e. The Labute approximate surface area is 164 Å². The van der Waals surface area contributed by atoms with Gasteiger partial charge < -0.3 is 4.74 Å². The fraction of sp³-hybridized carbons (Fsp3) is 0.208. The summed E-state index contributed by atoms with van der Waals surface area (Å²) < 4.78 is 4.81. The Balaban J connectivity index is 2.03. The summed E-state index contributed by atoms with van der Waals surface area (Å²) in [4.78, 5) is 15.4. The topological polar surface area (TPSA) is 26.3 Å². The number of hydrogen-bond acceptors (Lipinski definition) is 2. The molecule has 0 aromatic heterocycles. The number of ether oxygens (including phenoxy) is 1. The average molecular weight is 378 g/mol. The second kappa shape index (κ2) is 8.01. The van der Waals surface area contributed by atoms with Crippen molar-refractivity contribution in [3.63, 3.8) is 0 Å². The van der Waals surface area contributed by atoms with Crippen molar-refractivity contribution >= 4 is 16.9 Å². The van der Waals surface area contributed by atoms with E-state index >= 15 is 0 Å². The Kier molecular flexibility index (Phi) is 5.71. The van der Waals surface area contributed by atoms with Crippen LogP contribution in [0.2, 0.25) is 0 Å². The zero-order valence-electron chi connectivity index (χ0n) is 16.2. The van der Waals surface area contributed by atoms with Crippen molar-refractivity contribution in [3.8, 4) is 0 Å². The number of methoxy groups -OCH3 is 1. The largest absolute Gasteiger partial charge is 0.465 e. The van der Waals surface area contributed by atoms with Gasteiger partial charge in [-0.25, -0.2) is 4.79 Å². The molecule has 0 aliphatic carbocycles. The van der Waals surface area contributed by atoms with Crippen molar-refractivity contribution in [1.82, 2.24) is 0 Å². The highest BCUT2D eigenvalue weighted by Gasteiger charge is 2.29. The first-order chi connectivity index (χ1) is 12.9. The monoisotopic (exact) mass is 377 g/mol. The molecule has 0 saturated carbocycles. The van der Waals surface area contributed by atoms with Gasteiger partial charge in [0.25, 0.3) is 0 Å². The van der Waals surface area contributed by atoms with Crippen molar-refractivity contribution in [1.29, 1.82) is 0 Å². The van der Waals surface area contributed by atoms with Gasteiger partial charge in [-0.3, -0.25) is 0 Å². The summed E-state index contributed by atoms with van der Waals surface area (Å²) in [7, 11) is 1.18. The molecule has 0 spiro atoms. The molecule has 0 heterocycles. The van der Waals surface area contributed by atoms with E-state index in [0.29, 0.717) is 5.56 Å². The SMILES string of the molecule is COC(=O)c1ccc([S+](c2ccccc2)c2ccc(C(C)(C)C)cc2)cc1. The van der Waals surface area contributed by atoms with Crippen LogP contribution in [0, 0.1) is 0 Å². The Hall–Kier alpha value is -2.52. The molecular formula is C24H25O2S+. The number of benzene rings is 3. The zero-order chi connectivity index (χ0) is 19.4. The standard InChI is InChI=1S/C24H25O2S/c1-24(2,3)19-12-16-22(17-13-19)27(20-8-6-5-7-9-20)21-14-10-18(11-15-21)23(25)26-4/h5-17H,1-4H3/q+1. The van der Waals surface area contributed by atoms with Gasteiger partial charge in [-0.1, -0.05) is 51.1 Å². The number of hydrogen-bond donors (Lipinski definition) is 0. The second-order valence-electron chi connectivity index (χ2n) is 7.41. The van der Waals surface area contributed by atoms with Crippen LogP contribution in [0.3, 0.4) is 0 Å². The summed E-state index contributed by atoms with van der Waals surface area (Å²) >= 11 is 0. The molecule has 0 saturated heterocycles. The number of rotatable bonds is 4. The van der Waals surface area contributed by atoms with Crippen LogP contribution in [0.15, 0.2) is 93.5 Å². The Bertz CT molecular complexity index is 892. The Morgan fingerprint density at radius 2 is 1.22 bits per heavy atom. The lowest BCUT2D eigenvalue weighted by Crippen LogP contribution is -2.11. The van der Waals surface area contributed by atoms with Gasteiger partial charge in [0.1, 0.15) is 0 Å². The van der Waals surface area contributed by atoms with Crippen LogP contribution in [0.1, 0.15) is 36.7 Å². The number of esters is 1. The maximum absolute atomic E-state index is 11.7. The van der Waals surface area contributed by atoms with Crippen molar-refractivity contribution < 1.29 is 9.53 Å². The van der Waals surface area contributed by atoms with Crippen LogP contribution in [0.25, 0.3) is 0 Å². The molecule has 0 radical (unpaired) electrons. The third-order valence-corrected chi connectivity index (χ3v) is 6.68. The van der Waals surface area contributed by atoms with Gasteiger partial charge in [0.15, 0.2) is 14.7 Å².